The smallest absolute Gasteiger partial charge is 0.314 e. The number of esters is 1. The fourth-order valence-electron chi connectivity index (χ4n) is 1.37. The first kappa shape index (κ1) is 13.3. The zero-order valence-electron chi connectivity index (χ0n) is 9.30. The van der Waals surface area contributed by atoms with E-state index in [1.165, 1.54) is 0 Å². The van der Waals surface area contributed by atoms with E-state index in [2.05, 4.69) is 0 Å². The second kappa shape index (κ2) is 6.12. The van der Waals surface area contributed by atoms with Crippen LogP contribution >= 0.6 is 23.2 Å². The van der Waals surface area contributed by atoms with Crippen molar-refractivity contribution in [3.05, 3.63) is 28.2 Å². The number of ether oxygens (including phenoxy) is 1. The number of carbonyl (C=O) groups excluding carboxylic acids is 1. The Balaban J connectivity index is 2.80. The number of hydrogen-bond acceptors (Lipinski definition) is 2. The van der Waals surface area contributed by atoms with Gasteiger partial charge in [0.25, 0.3) is 0 Å². The molecule has 4 heteroatoms. The van der Waals surface area contributed by atoms with Crippen LogP contribution in [0.2, 0.25) is 10.0 Å². The number of carbonyl (C=O) groups is 1. The van der Waals surface area contributed by atoms with Crippen molar-refractivity contribution >= 4 is 29.2 Å². The summed E-state index contributed by atoms with van der Waals surface area (Å²) >= 11 is 11.7. The number of benzene rings is 1. The second-order valence-corrected chi connectivity index (χ2v) is 4.35. The van der Waals surface area contributed by atoms with E-state index in [9.17, 15) is 4.79 Å². The van der Waals surface area contributed by atoms with Crippen LogP contribution in [0.5, 0.6) is 5.75 Å². The normalized spacial score (nSPS) is 10.6. The van der Waals surface area contributed by atoms with Gasteiger partial charge in [-0.15, -0.1) is 0 Å². The lowest BCUT2D eigenvalue weighted by molar-refractivity contribution is -0.139. The first-order valence-electron chi connectivity index (χ1n) is 5.25. The molecule has 1 aromatic carbocycles. The van der Waals surface area contributed by atoms with Gasteiger partial charge in [-0.1, -0.05) is 37.0 Å². The molecule has 0 radical (unpaired) electrons. The number of halogens is 2. The monoisotopic (exact) mass is 260 g/mol. The lowest BCUT2D eigenvalue weighted by Crippen LogP contribution is -2.19. The van der Waals surface area contributed by atoms with E-state index < -0.39 is 0 Å². The molecule has 88 valence electrons. The maximum absolute atomic E-state index is 11.7. The summed E-state index contributed by atoms with van der Waals surface area (Å²) in [4.78, 5) is 11.7. The second-order valence-electron chi connectivity index (χ2n) is 3.51. The summed E-state index contributed by atoms with van der Waals surface area (Å²) in [5.41, 5.74) is 0. The molecule has 0 aromatic heterocycles. The van der Waals surface area contributed by atoms with E-state index in [1.54, 1.807) is 18.2 Å². The van der Waals surface area contributed by atoms with Crippen LogP contribution in [0.25, 0.3) is 0 Å². The maximum atomic E-state index is 11.7. The van der Waals surface area contributed by atoms with Gasteiger partial charge in [-0.3, -0.25) is 4.79 Å². The van der Waals surface area contributed by atoms with Gasteiger partial charge in [0, 0.05) is 11.1 Å². The molecule has 1 aromatic rings. The van der Waals surface area contributed by atoms with Crippen LogP contribution in [-0.2, 0) is 4.79 Å². The molecule has 0 aliphatic carbocycles. The third-order valence-corrected chi connectivity index (χ3v) is 2.97. The maximum Gasteiger partial charge on any atom is 0.314 e. The van der Waals surface area contributed by atoms with Gasteiger partial charge in [0.05, 0.1) is 10.9 Å². The predicted molar refractivity (Wildman–Crippen MR) is 66.2 cm³/mol. The van der Waals surface area contributed by atoms with Crippen LogP contribution in [0.3, 0.4) is 0 Å². The van der Waals surface area contributed by atoms with Crippen molar-refractivity contribution in [2.75, 3.05) is 0 Å². The molecular formula is C12H14Cl2O2. The van der Waals surface area contributed by atoms with Gasteiger partial charge >= 0.3 is 5.97 Å². The fourth-order valence-corrected chi connectivity index (χ4v) is 1.69. The molecule has 2 nitrogen and oxygen atoms in total. The SMILES string of the molecule is CCC(CC)C(=O)Oc1cc(Cl)ccc1Cl. The molecule has 0 N–H and O–H groups in total. The highest BCUT2D eigenvalue weighted by atomic mass is 35.5. The Morgan fingerprint density at radius 2 is 1.94 bits per heavy atom. The first-order chi connectivity index (χ1) is 7.58. The summed E-state index contributed by atoms with van der Waals surface area (Å²) < 4.78 is 5.21. The molecule has 0 heterocycles. The van der Waals surface area contributed by atoms with E-state index in [-0.39, 0.29) is 11.9 Å². The molecule has 16 heavy (non-hydrogen) atoms. The molecule has 1 rings (SSSR count). The molecule has 0 spiro atoms. The summed E-state index contributed by atoms with van der Waals surface area (Å²) in [6.07, 6.45) is 1.51. The van der Waals surface area contributed by atoms with Crippen molar-refractivity contribution in [1.82, 2.24) is 0 Å². The first-order valence-corrected chi connectivity index (χ1v) is 6.00. The average molecular weight is 261 g/mol. The summed E-state index contributed by atoms with van der Waals surface area (Å²) in [6.45, 7) is 3.91. The van der Waals surface area contributed by atoms with Crippen molar-refractivity contribution in [3.8, 4) is 5.75 Å². The van der Waals surface area contributed by atoms with Crippen LogP contribution in [0.4, 0.5) is 0 Å². The molecule has 0 bridgehead atoms. The molecule has 0 unspecified atom stereocenters. The highest BCUT2D eigenvalue weighted by Gasteiger charge is 2.17. The topological polar surface area (TPSA) is 26.3 Å². The summed E-state index contributed by atoms with van der Waals surface area (Å²) in [6, 6.07) is 4.81. The Kier molecular flexibility index (Phi) is 5.10. The highest BCUT2D eigenvalue weighted by molar-refractivity contribution is 6.34. The van der Waals surface area contributed by atoms with Crippen molar-refractivity contribution in [2.45, 2.75) is 26.7 Å². The highest BCUT2D eigenvalue weighted by Crippen LogP contribution is 2.28. The molecule has 0 aliphatic rings. The number of rotatable bonds is 4. The van der Waals surface area contributed by atoms with Gasteiger partial charge in [-0.2, -0.15) is 0 Å². The third kappa shape index (κ3) is 3.39. The van der Waals surface area contributed by atoms with Crippen molar-refractivity contribution in [3.63, 3.8) is 0 Å². The lowest BCUT2D eigenvalue weighted by Gasteiger charge is -2.12. The molecule has 0 saturated heterocycles. The van der Waals surface area contributed by atoms with E-state index >= 15 is 0 Å². The fraction of sp³-hybridized carbons (Fsp3) is 0.417. The van der Waals surface area contributed by atoms with Crippen LogP contribution in [0.1, 0.15) is 26.7 Å². The molecule has 0 atom stereocenters. The molecule has 0 amide bonds. The quantitative estimate of drug-likeness (QED) is 0.595. The van der Waals surface area contributed by atoms with Gasteiger partial charge in [-0.25, -0.2) is 0 Å². The molecule has 0 saturated carbocycles. The van der Waals surface area contributed by atoms with Crippen LogP contribution in [0.15, 0.2) is 18.2 Å². The van der Waals surface area contributed by atoms with E-state index in [0.717, 1.165) is 12.8 Å². The molecule has 0 fully saturated rings. The molecule has 0 aliphatic heterocycles. The minimum absolute atomic E-state index is 0.0879. The van der Waals surface area contributed by atoms with Crippen LogP contribution in [-0.4, -0.2) is 5.97 Å². The average Bonchev–Trinajstić information content (AvgIpc) is 2.25. The van der Waals surface area contributed by atoms with E-state index in [1.807, 2.05) is 13.8 Å². The summed E-state index contributed by atoms with van der Waals surface area (Å²) in [5.74, 6) is -0.0183. The van der Waals surface area contributed by atoms with E-state index in [4.69, 9.17) is 27.9 Å². The van der Waals surface area contributed by atoms with Crippen LogP contribution in [0, 0.1) is 5.92 Å². The lowest BCUT2D eigenvalue weighted by atomic mass is 10.0. The summed E-state index contributed by atoms with van der Waals surface area (Å²) in [7, 11) is 0. The van der Waals surface area contributed by atoms with Gasteiger partial charge in [0.2, 0.25) is 0 Å². The van der Waals surface area contributed by atoms with Gasteiger partial charge in [-0.05, 0) is 25.0 Å². The standard InChI is InChI=1S/C12H14Cl2O2/c1-3-8(4-2)12(15)16-11-7-9(13)5-6-10(11)14/h5-8H,3-4H2,1-2H3. The van der Waals surface area contributed by atoms with Crippen molar-refractivity contribution in [2.24, 2.45) is 5.92 Å². The minimum atomic E-state index is -0.255. The largest absolute Gasteiger partial charge is 0.425 e. The van der Waals surface area contributed by atoms with Gasteiger partial charge in [0.1, 0.15) is 0 Å². The Bertz CT molecular complexity index is 373. The zero-order valence-corrected chi connectivity index (χ0v) is 10.8. The van der Waals surface area contributed by atoms with Gasteiger partial charge < -0.3 is 4.74 Å². The Labute approximate surface area is 106 Å². The van der Waals surface area contributed by atoms with Crippen molar-refractivity contribution in [1.29, 1.82) is 0 Å². The third-order valence-electron chi connectivity index (χ3n) is 2.42. The van der Waals surface area contributed by atoms with Crippen molar-refractivity contribution < 1.29 is 9.53 Å². The van der Waals surface area contributed by atoms with E-state index in [0.29, 0.717) is 15.8 Å². The molecular weight excluding hydrogens is 247 g/mol. The summed E-state index contributed by atoms with van der Waals surface area (Å²) in [5, 5.41) is 0.889. The van der Waals surface area contributed by atoms with Crippen LogP contribution < -0.4 is 4.74 Å². The minimum Gasteiger partial charge on any atom is -0.425 e. The predicted octanol–water partition coefficient (Wildman–Crippen LogP) is 4.34. The Morgan fingerprint density at radius 3 is 2.50 bits per heavy atom. The Hall–Kier alpha value is -0.730. The Morgan fingerprint density at radius 1 is 1.31 bits per heavy atom. The zero-order chi connectivity index (χ0) is 12.1. The van der Waals surface area contributed by atoms with Gasteiger partial charge in [0.15, 0.2) is 5.75 Å². The number of hydrogen-bond donors (Lipinski definition) is 0.